The lowest BCUT2D eigenvalue weighted by Crippen LogP contribution is -2.27. The number of thiocarbonyl (C=S) groups is 1. The number of fused-ring (bicyclic) bond motifs is 3. The number of benzene rings is 3. The molecule has 1 N–H and O–H groups in total. The minimum atomic E-state index is -0.348. The second-order valence-electron chi connectivity index (χ2n) is 7.57. The van der Waals surface area contributed by atoms with E-state index in [1.807, 2.05) is 61.5 Å². The summed E-state index contributed by atoms with van der Waals surface area (Å²) in [5.74, 6) is 2.84. The molecule has 3 aromatic carbocycles. The number of hydrogen-bond acceptors (Lipinski definition) is 5. The predicted molar refractivity (Wildman–Crippen MR) is 130 cm³/mol. The second kappa shape index (κ2) is 8.96. The van der Waals surface area contributed by atoms with E-state index in [1.54, 1.807) is 21.3 Å². The number of hydrogen-bond donors (Lipinski definition) is 1. The summed E-state index contributed by atoms with van der Waals surface area (Å²) in [6, 6.07) is 17.8. The highest BCUT2D eigenvalue weighted by Gasteiger charge is 2.30. The maximum absolute atomic E-state index is 6.52. The molecule has 1 aliphatic heterocycles. The summed E-state index contributed by atoms with van der Waals surface area (Å²) >= 11 is 5.43. The zero-order valence-corrected chi connectivity index (χ0v) is 19.6. The minimum Gasteiger partial charge on any atom is -0.496 e. The Labute approximate surface area is 193 Å². The fraction of sp³-hybridized carbons (Fsp3) is 0.240. The SMILES string of the molecule is COc1ccc(C2Oc3cccc(OC)c3-c3ccc(NC(=S)N(C)C)cc32)cc1OC. The summed E-state index contributed by atoms with van der Waals surface area (Å²) < 4.78 is 23.1. The molecule has 3 aromatic rings. The predicted octanol–water partition coefficient (Wildman–Crippen LogP) is 5.12. The van der Waals surface area contributed by atoms with Crippen LogP contribution in [0.2, 0.25) is 0 Å². The van der Waals surface area contributed by atoms with Crippen molar-refractivity contribution in [2.24, 2.45) is 0 Å². The summed E-state index contributed by atoms with van der Waals surface area (Å²) in [4.78, 5) is 1.86. The first kappa shape index (κ1) is 21.8. The molecule has 0 saturated heterocycles. The van der Waals surface area contributed by atoms with Crippen molar-refractivity contribution in [1.29, 1.82) is 0 Å². The Morgan fingerprint density at radius 1 is 0.906 bits per heavy atom. The highest BCUT2D eigenvalue weighted by molar-refractivity contribution is 7.80. The van der Waals surface area contributed by atoms with Crippen LogP contribution in [-0.4, -0.2) is 45.4 Å². The molecule has 1 aliphatic rings. The lowest BCUT2D eigenvalue weighted by Gasteiger charge is -2.31. The topological polar surface area (TPSA) is 52.2 Å². The van der Waals surface area contributed by atoms with Gasteiger partial charge in [0.1, 0.15) is 17.6 Å². The van der Waals surface area contributed by atoms with Crippen LogP contribution in [0.5, 0.6) is 23.0 Å². The van der Waals surface area contributed by atoms with Gasteiger partial charge in [0.15, 0.2) is 16.6 Å². The van der Waals surface area contributed by atoms with Crippen LogP contribution >= 0.6 is 12.2 Å². The molecule has 0 amide bonds. The first-order valence-electron chi connectivity index (χ1n) is 10.1. The molecule has 0 spiro atoms. The molecule has 7 heteroatoms. The zero-order chi connectivity index (χ0) is 22.8. The maximum Gasteiger partial charge on any atom is 0.172 e. The van der Waals surface area contributed by atoms with E-state index < -0.39 is 0 Å². The van der Waals surface area contributed by atoms with Crippen LogP contribution in [0.15, 0.2) is 54.6 Å². The molecule has 166 valence electrons. The second-order valence-corrected chi connectivity index (χ2v) is 7.96. The molecule has 0 bridgehead atoms. The number of anilines is 1. The average Bonchev–Trinajstić information content (AvgIpc) is 2.82. The van der Waals surface area contributed by atoms with Crippen molar-refractivity contribution in [1.82, 2.24) is 4.90 Å². The largest absolute Gasteiger partial charge is 0.496 e. The summed E-state index contributed by atoms with van der Waals surface area (Å²) in [5, 5.41) is 3.91. The van der Waals surface area contributed by atoms with E-state index in [4.69, 9.17) is 31.2 Å². The molecular formula is C25H26N2O4S. The Kier molecular flexibility index (Phi) is 6.10. The molecule has 1 unspecified atom stereocenters. The Balaban J connectivity index is 1.87. The number of nitrogens with zero attached hydrogens (tertiary/aromatic N) is 1. The normalized spacial score (nSPS) is 13.8. The third-order valence-corrected chi connectivity index (χ3v) is 5.89. The summed E-state index contributed by atoms with van der Waals surface area (Å²) in [7, 11) is 8.73. The van der Waals surface area contributed by atoms with E-state index in [-0.39, 0.29) is 6.10 Å². The standard InChI is InChI=1S/C25H26N2O4S/c1-27(2)25(32)26-16-10-11-17-18(14-16)24(15-9-12-19(28-3)22(13-15)30-5)31-21-8-6-7-20(29-4)23(17)21/h6-14,24H,1-5H3,(H,26,32). The van der Waals surface area contributed by atoms with Crippen molar-refractivity contribution >= 4 is 23.0 Å². The number of nitrogens with one attached hydrogen (secondary N) is 1. The molecule has 6 nitrogen and oxygen atoms in total. The molecular weight excluding hydrogens is 424 g/mol. The van der Waals surface area contributed by atoms with Gasteiger partial charge in [-0.15, -0.1) is 0 Å². The molecule has 0 saturated carbocycles. The minimum absolute atomic E-state index is 0.348. The Morgan fingerprint density at radius 3 is 2.34 bits per heavy atom. The first-order chi connectivity index (χ1) is 15.5. The van der Waals surface area contributed by atoms with Gasteiger partial charge in [-0.1, -0.05) is 18.2 Å². The number of rotatable bonds is 5. The van der Waals surface area contributed by atoms with E-state index >= 15 is 0 Å². The van der Waals surface area contributed by atoms with Crippen LogP contribution in [0.25, 0.3) is 11.1 Å². The summed E-state index contributed by atoms with van der Waals surface area (Å²) in [6.07, 6.45) is -0.348. The molecule has 1 atom stereocenters. The van der Waals surface area contributed by atoms with Gasteiger partial charge in [0.05, 0.1) is 26.9 Å². The zero-order valence-electron chi connectivity index (χ0n) is 18.8. The lowest BCUT2D eigenvalue weighted by molar-refractivity contribution is 0.241. The summed E-state index contributed by atoms with van der Waals surface area (Å²) in [5.41, 5.74) is 4.81. The Bertz CT molecular complexity index is 1160. The molecule has 0 fully saturated rings. The number of ether oxygens (including phenoxy) is 4. The van der Waals surface area contributed by atoms with E-state index in [0.717, 1.165) is 39.4 Å². The number of methoxy groups -OCH3 is 3. The van der Waals surface area contributed by atoms with Gasteiger partial charge in [-0.3, -0.25) is 0 Å². The quantitative estimate of drug-likeness (QED) is 0.542. The molecule has 32 heavy (non-hydrogen) atoms. The van der Waals surface area contributed by atoms with E-state index in [9.17, 15) is 0 Å². The average molecular weight is 451 g/mol. The fourth-order valence-corrected chi connectivity index (χ4v) is 3.94. The molecule has 4 rings (SSSR count). The Morgan fingerprint density at radius 2 is 1.66 bits per heavy atom. The van der Waals surface area contributed by atoms with Crippen LogP contribution in [-0.2, 0) is 0 Å². The van der Waals surface area contributed by atoms with Gasteiger partial charge in [0.2, 0.25) is 0 Å². The van der Waals surface area contributed by atoms with Crippen molar-refractivity contribution in [2.75, 3.05) is 40.7 Å². The Hall–Kier alpha value is -3.45. The molecule has 0 aliphatic carbocycles. The van der Waals surface area contributed by atoms with Crippen molar-refractivity contribution in [3.05, 3.63) is 65.7 Å². The van der Waals surface area contributed by atoms with Crippen LogP contribution in [0.4, 0.5) is 5.69 Å². The molecule has 1 heterocycles. The van der Waals surface area contributed by atoms with Crippen LogP contribution < -0.4 is 24.3 Å². The van der Waals surface area contributed by atoms with Crippen molar-refractivity contribution < 1.29 is 18.9 Å². The van der Waals surface area contributed by atoms with Crippen molar-refractivity contribution in [3.63, 3.8) is 0 Å². The third-order valence-electron chi connectivity index (χ3n) is 5.42. The van der Waals surface area contributed by atoms with Crippen molar-refractivity contribution in [3.8, 4) is 34.1 Å². The highest BCUT2D eigenvalue weighted by atomic mass is 32.1. The van der Waals surface area contributed by atoms with E-state index in [0.29, 0.717) is 16.6 Å². The van der Waals surface area contributed by atoms with Gasteiger partial charge in [-0.25, -0.2) is 0 Å². The molecule has 0 radical (unpaired) electrons. The van der Waals surface area contributed by atoms with Crippen molar-refractivity contribution in [2.45, 2.75) is 6.10 Å². The highest BCUT2D eigenvalue weighted by Crippen LogP contribution is 2.50. The fourth-order valence-electron chi connectivity index (χ4n) is 3.82. The molecule has 0 aromatic heterocycles. The third kappa shape index (κ3) is 3.91. The van der Waals surface area contributed by atoms with E-state index in [1.165, 1.54) is 0 Å². The van der Waals surface area contributed by atoms with Gasteiger partial charge in [-0.2, -0.15) is 0 Å². The van der Waals surface area contributed by atoms with Gasteiger partial charge in [-0.05, 0) is 54.2 Å². The summed E-state index contributed by atoms with van der Waals surface area (Å²) in [6.45, 7) is 0. The lowest BCUT2D eigenvalue weighted by atomic mass is 9.88. The van der Waals surface area contributed by atoms with Crippen LogP contribution in [0, 0.1) is 0 Å². The van der Waals surface area contributed by atoms with E-state index in [2.05, 4.69) is 17.4 Å². The van der Waals surface area contributed by atoms with Gasteiger partial charge >= 0.3 is 0 Å². The maximum atomic E-state index is 6.52. The van der Waals surface area contributed by atoms with Gasteiger partial charge in [0.25, 0.3) is 0 Å². The van der Waals surface area contributed by atoms with Gasteiger partial charge in [0, 0.05) is 30.9 Å². The van der Waals surface area contributed by atoms with Gasteiger partial charge < -0.3 is 29.2 Å². The first-order valence-corrected chi connectivity index (χ1v) is 10.6. The smallest absolute Gasteiger partial charge is 0.172 e. The van der Waals surface area contributed by atoms with Crippen LogP contribution in [0.3, 0.4) is 0 Å². The monoisotopic (exact) mass is 450 g/mol. The van der Waals surface area contributed by atoms with Crippen LogP contribution in [0.1, 0.15) is 17.2 Å².